The highest BCUT2D eigenvalue weighted by molar-refractivity contribution is 7.89. The zero-order chi connectivity index (χ0) is 20.6. The van der Waals surface area contributed by atoms with E-state index < -0.39 is 22.0 Å². The maximum atomic E-state index is 13.0. The summed E-state index contributed by atoms with van der Waals surface area (Å²) in [6, 6.07) is 0.570. The predicted molar refractivity (Wildman–Crippen MR) is 95.4 cm³/mol. The number of sulfonamides is 1. The molecule has 1 aliphatic carbocycles. The van der Waals surface area contributed by atoms with Gasteiger partial charge in [0.2, 0.25) is 15.8 Å². The minimum Gasteiger partial charge on any atom is -0.380 e. The quantitative estimate of drug-likeness (QED) is 0.721. The fourth-order valence-corrected chi connectivity index (χ4v) is 6.95. The van der Waals surface area contributed by atoms with Gasteiger partial charge in [0.1, 0.15) is 4.90 Å². The summed E-state index contributed by atoms with van der Waals surface area (Å²) in [6.07, 6.45) is -1.59. The van der Waals surface area contributed by atoms with E-state index in [2.05, 4.69) is 14.9 Å². The number of fused-ring (bicyclic) bond motifs is 1. The van der Waals surface area contributed by atoms with Crippen molar-refractivity contribution >= 4 is 10.0 Å². The van der Waals surface area contributed by atoms with Crippen molar-refractivity contribution in [2.75, 3.05) is 39.4 Å². The number of hydrogen-bond donors (Lipinski definition) is 0. The van der Waals surface area contributed by atoms with Crippen LogP contribution in [0.4, 0.5) is 13.2 Å². The fourth-order valence-electron chi connectivity index (χ4n) is 5.29. The Labute approximate surface area is 167 Å². The molecule has 0 aromatic carbocycles. The maximum absolute atomic E-state index is 13.0. The molecule has 4 fully saturated rings. The number of halogens is 3. The lowest BCUT2D eigenvalue weighted by Gasteiger charge is -2.55. The Hall–Kier alpha value is -1.30. The molecule has 1 saturated carbocycles. The molecule has 29 heavy (non-hydrogen) atoms. The van der Waals surface area contributed by atoms with Gasteiger partial charge in [-0.1, -0.05) is 0 Å². The maximum Gasteiger partial charge on any atom is 0.451 e. The monoisotopic (exact) mass is 432 g/mol. The molecule has 5 rings (SSSR count). The van der Waals surface area contributed by atoms with Gasteiger partial charge < -0.3 is 4.74 Å². The second-order valence-corrected chi connectivity index (χ2v) is 10.9. The molecule has 4 heterocycles. The van der Waals surface area contributed by atoms with Crippen LogP contribution >= 0.6 is 0 Å². The van der Waals surface area contributed by atoms with Gasteiger partial charge in [0.05, 0.1) is 25.1 Å². The molecule has 0 N–H and O–H groups in total. The lowest BCUT2D eigenvalue weighted by atomic mass is 9.63. The molecule has 1 aromatic rings. The van der Waals surface area contributed by atoms with Crippen molar-refractivity contribution < 1.29 is 26.3 Å². The van der Waals surface area contributed by atoms with Gasteiger partial charge in [-0.3, -0.25) is 4.90 Å². The molecule has 3 saturated heterocycles. The molecule has 3 aliphatic heterocycles. The van der Waals surface area contributed by atoms with E-state index in [0.717, 1.165) is 45.3 Å². The number of rotatable bonds is 3. The molecular weight excluding hydrogens is 409 g/mol. The number of hydrogen-bond acceptors (Lipinski definition) is 6. The van der Waals surface area contributed by atoms with Gasteiger partial charge in [-0.15, -0.1) is 0 Å². The highest BCUT2D eigenvalue weighted by Crippen LogP contribution is 2.50. The van der Waals surface area contributed by atoms with E-state index in [-0.39, 0.29) is 22.4 Å². The Kier molecular flexibility index (Phi) is 4.30. The molecule has 160 valence electrons. The van der Waals surface area contributed by atoms with E-state index in [0.29, 0.717) is 24.5 Å². The molecule has 1 aromatic heterocycles. The largest absolute Gasteiger partial charge is 0.451 e. The van der Waals surface area contributed by atoms with Crippen LogP contribution < -0.4 is 0 Å². The second kappa shape index (κ2) is 6.35. The third kappa shape index (κ3) is 3.17. The first-order chi connectivity index (χ1) is 13.6. The number of alkyl halides is 3. The van der Waals surface area contributed by atoms with Gasteiger partial charge in [0.15, 0.2) is 0 Å². The van der Waals surface area contributed by atoms with Crippen LogP contribution in [0.3, 0.4) is 0 Å². The van der Waals surface area contributed by atoms with Gasteiger partial charge >= 0.3 is 6.18 Å². The SMILES string of the molecule is Cc1nc(C(F)(F)F)ncc1S(=O)(=O)N1C[C@H]2CN(C3CC4(COC4)C3)C[C@@H]2C1. The molecule has 2 atom stereocenters. The van der Waals surface area contributed by atoms with Crippen LogP contribution in [0.1, 0.15) is 24.4 Å². The van der Waals surface area contributed by atoms with E-state index >= 15 is 0 Å². The van der Waals surface area contributed by atoms with Crippen molar-refractivity contribution in [2.24, 2.45) is 17.3 Å². The van der Waals surface area contributed by atoms with E-state index in [9.17, 15) is 21.6 Å². The number of nitrogens with zero attached hydrogens (tertiary/aromatic N) is 4. The van der Waals surface area contributed by atoms with E-state index in [4.69, 9.17) is 4.74 Å². The Morgan fingerprint density at radius 2 is 1.76 bits per heavy atom. The van der Waals surface area contributed by atoms with Gasteiger partial charge in [0, 0.05) is 37.6 Å². The van der Waals surface area contributed by atoms with Crippen LogP contribution in [0.25, 0.3) is 0 Å². The highest BCUT2D eigenvalue weighted by Gasteiger charge is 2.54. The van der Waals surface area contributed by atoms with Crippen LogP contribution in [-0.2, 0) is 20.9 Å². The zero-order valence-electron chi connectivity index (χ0n) is 16.0. The Balaban J connectivity index is 1.25. The highest BCUT2D eigenvalue weighted by atomic mass is 32.2. The molecule has 0 amide bonds. The summed E-state index contributed by atoms with van der Waals surface area (Å²) < 4.78 is 71.0. The van der Waals surface area contributed by atoms with Crippen molar-refractivity contribution in [3.8, 4) is 0 Å². The third-order valence-electron chi connectivity index (χ3n) is 6.96. The normalized spacial score (nSPS) is 30.3. The first-order valence-corrected chi connectivity index (χ1v) is 11.2. The van der Waals surface area contributed by atoms with Crippen molar-refractivity contribution in [3.63, 3.8) is 0 Å². The number of ether oxygens (including phenoxy) is 1. The van der Waals surface area contributed by atoms with Crippen molar-refractivity contribution in [1.29, 1.82) is 0 Å². The van der Waals surface area contributed by atoms with E-state index in [1.54, 1.807) is 0 Å². The minimum absolute atomic E-state index is 0.173. The molecule has 11 heteroatoms. The summed E-state index contributed by atoms with van der Waals surface area (Å²) in [4.78, 5) is 8.86. The second-order valence-electron chi connectivity index (χ2n) is 8.99. The molecule has 7 nitrogen and oxygen atoms in total. The van der Waals surface area contributed by atoms with E-state index in [1.807, 2.05) is 0 Å². The Bertz CT molecular complexity index is 913. The Morgan fingerprint density at radius 3 is 2.24 bits per heavy atom. The third-order valence-corrected chi connectivity index (χ3v) is 8.89. The summed E-state index contributed by atoms with van der Waals surface area (Å²) in [7, 11) is -3.91. The first-order valence-electron chi connectivity index (χ1n) is 9.80. The summed E-state index contributed by atoms with van der Waals surface area (Å²) in [5, 5.41) is 0. The number of likely N-dealkylation sites (tertiary alicyclic amines) is 1. The topological polar surface area (TPSA) is 75.6 Å². The van der Waals surface area contributed by atoms with Crippen LogP contribution in [0.5, 0.6) is 0 Å². The summed E-state index contributed by atoms with van der Waals surface area (Å²) >= 11 is 0. The van der Waals surface area contributed by atoms with Crippen LogP contribution in [0.2, 0.25) is 0 Å². The van der Waals surface area contributed by atoms with Gasteiger partial charge in [-0.05, 0) is 31.6 Å². The summed E-state index contributed by atoms with van der Waals surface area (Å²) in [6.45, 7) is 5.55. The average molecular weight is 432 g/mol. The minimum atomic E-state index is -4.70. The van der Waals surface area contributed by atoms with Gasteiger partial charge in [-0.2, -0.15) is 17.5 Å². The molecule has 0 unspecified atom stereocenters. The standard InChI is InChI=1S/C18H23F3N4O3S/c1-11-15(4-22-16(23-11)18(19,20)21)29(26,27)25-7-12-5-24(6-13(12)8-25)14-2-17(3-14)9-28-10-17/h4,12-14H,2-3,5-10H2,1H3/t12-,13-/m1/s1. The van der Waals surface area contributed by atoms with Gasteiger partial charge in [0.25, 0.3) is 0 Å². The summed E-state index contributed by atoms with van der Waals surface area (Å²) in [5.41, 5.74) is 0.228. The number of aromatic nitrogens is 2. The molecule has 0 radical (unpaired) electrons. The fraction of sp³-hybridized carbons (Fsp3) is 0.778. The average Bonchev–Trinajstić information content (AvgIpc) is 3.10. The predicted octanol–water partition coefficient (Wildman–Crippen LogP) is 1.54. The molecular formula is C18H23F3N4O3S. The molecule has 0 bridgehead atoms. The number of aryl methyl sites for hydroxylation is 1. The van der Waals surface area contributed by atoms with Crippen LogP contribution in [0.15, 0.2) is 11.1 Å². The first kappa shape index (κ1) is 19.7. The lowest BCUT2D eigenvalue weighted by Crippen LogP contribution is -2.59. The lowest BCUT2D eigenvalue weighted by molar-refractivity contribution is -0.183. The molecule has 4 aliphatic rings. The van der Waals surface area contributed by atoms with Gasteiger partial charge in [-0.25, -0.2) is 18.4 Å². The zero-order valence-corrected chi connectivity index (χ0v) is 16.8. The smallest absolute Gasteiger partial charge is 0.380 e. The summed E-state index contributed by atoms with van der Waals surface area (Å²) in [5.74, 6) is -0.803. The van der Waals surface area contributed by atoms with Crippen molar-refractivity contribution in [1.82, 2.24) is 19.2 Å². The van der Waals surface area contributed by atoms with Crippen molar-refractivity contribution in [2.45, 2.75) is 36.9 Å². The van der Waals surface area contributed by atoms with Crippen LogP contribution in [0, 0.1) is 24.2 Å². The van der Waals surface area contributed by atoms with E-state index in [1.165, 1.54) is 11.2 Å². The van der Waals surface area contributed by atoms with Crippen LogP contribution in [-0.4, -0.2) is 73.0 Å². The Morgan fingerprint density at radius 1 is 1.14 bits per heavy atom. The molecule has 1 spiro atoms. The van der Waals surface area contributed by atoms with Crippen molar-refractivity contribution in [3.05, 3.63) is 17.7 Å².